The molecule has 0 aromatic rings. The van der Waals surface area contributed by atoms with Gasteiger partial charge in [0.25, 0.3) is 0 Å². The van der Waals surface area contributed by atoms with Gasteiger partial charge in [0.05, 0.1) is 0 Å². The molecule has 1 saturated carbocycles. The SMILES string of the molecule is [CH]1CCCCN1C1CCC1. The van der Waals surface area contributed by atoms with Crippen LogP contribution in [0.4, 0.5) is 0 Å². The molecule has 0 N–H and O–H groups in total. The molecule has 1 heteroatoms. The second-order valence-electron chi connectivity index (χ2n) is 3.50. The van der Waals surface area contributed by atoms with Crippen LogP contribution in [0, 0.1) is 6.54 Å². The van der Waals surface area contributed by atoms with Crippen molar-refractivity contribution in [2.45, 2.75) is 44.6 Å². The molecule has 1 aliphatic heterocycles. The molecule has 2 aliphatic rings. The van der Waals surface area contributed by atoms with Gasteiger partial charge in [0.1, 0.15) is 0 Å². The first-order chi connectivity index (χ1) is 4.97. The first-order valence-electron chi connectivity index (χ1n) is 4.56. The first-order valence-corrected chi connectivity index (χ1v) is 4.56. The highest BCUT2D eigenvalue weighted by Gasteiger charge is 2.25. The Balaban J connectivity index is 1.78. The third-order valence-corrected chi connectivity index (χ3v) is 2.78. The zero-order valence-electron chi connectivity index (χ0n) is 6.55. The Morgan fingerprint density at radius 1 is 1.10 bits per heavy atom. The smallest absolute Gasteiger partial charge is 0.0254 e. The summed E-state index contributed by atoms with van der Waals surface area (Å²) < 4.78 is 0. The number of rotatable bonds is 1. The second-order valence-corrected chi connectivity index (χ2v) is 3.50. The van der Waals surface area contributed by atoms with Crippen molar-refractivity contribution in [3.05, 3.63) is 6.54 Å². The van der Waals surface area contributed by atoms with E-state index < -0.39 is 0 Å². The summed E-state index contributed by atoms with van der Waals surface area (Å²) in [7, 11) is 0. The van der Waals surface area contributed by atoms with Crippen LogP contribution in [-0.2, 0) is 0 Å². The van der Waals surface area contributed by atoms with Crippen LogP contribution in [0.25, 0.3) is 0 Å². The fourth-order valence-corrected chi connectivity index (χ4v) is 1.84. The number of piperidine rings is 1. The van der Waals surface area contributed by atoms with Crippen molar-refractivity contribution in [3.8, 4) is 0 Å². The summed E-state index contributed by atoms with van der Waals surface area (Å²) in [5, 5.41) is 0. The van der Waals surface area contributed by atoms with Crippen molar-refractivity contribution in [2.24, 2.45) is 0 Å². The lowest BCUT2D eigenvalue weighted by molar-refractivity contribution is 0.139. The highest BCUT2D eigenvalue weighted by molar-refractivity contribution is 4.86. The molecule has 57 valence electrons. The van der Waals surface area contributed by atoms with Crippen molar-refractivity contribution >= 4 is 0 Å². The van der Waals surface area contributed by atoms with Crippen LogP contribution in [-0.4, -0.2) is 17.5 Å². The molecule has 0 aromatic carbocycles. The van der Waals surface area contributed by atoms with Crippen molar-refractivity contribution in [1.29, 1.82) is 0 Å². The number of nitrogens with zero attached hydrogens (tertiary/aromatic N) is 1. The van der Waals surface area contributed by atoms with Gasteiger partial charge in [-0.2, -0.15) is 0 Å². The summed E-state index contributed by atoms with van der Waals surface area (Å²) in [6, 6.07) is 0.945. The Labute approximate surface area is 63.4 Å². The summed E-state index contributed by atoms with van der Waals surface area (Å²) in [5.74, 6) is 0. The summed E-state index contributed by atoms with van der Waals surface area (Å²) in [5.41, 5.74) is 0. The number of likely N-dealkylation sites (tertiary alicyclic amines) is 1. The third kappa shape index (κ3) is 1.20. The van der Waals surface area contributed by atoms with Gasteiger partial charge in [0.2, 0.25) is 0 Å². The zero-order chi connectivity index (χ0) is 6.81. The van der Waals surface area contributed by atoms with E-state index in [4.69, 9.17) is 0 Å². The lowest BCUT2D eigenvalue weighted by Gasteiger charge is -2.39. The van der Waals surface area contributed by atoms with Gasteiger partial charge in [-0.1, -0.05) is 12.8 Å². The summed E-state index contributed by atoms with van der Waals surface area (Å²) in [6.07, 6.45) is 8.55. The van der Waals surface area contributed by atoms with E-state index in [9.17, 15) is 0 Å². The maximum absolute atomic E-state index is 2.58. The van der Waals surface area contributed by atoms with Crippen molar-refractivity contribution in [2.75, 3.05) is 6.54 Å². The normalized spacial score (nSPS) is 30.0. The average Bonchev–Trinajstić information content (AvgIpc) is 1.86. The minimum atomic E-state index is 0.945. The second kappa shape index (κ2) is 2.91. The van der Waals surface area contributed by atoms with Crippen LogP contribution in [0.15, 0.2) is 0 Å². The Morgan fingerprint density at radius 2 is 2.00 bits per heavy atom. The molecule has 1 saturated heterocycles. The molecule has 1 radical (unpaired) electrons. The van der Waals surface area contributed by atoms with E-state index in [0.29, 0.717) is 0 Å². The maximum Gasteiger partial charge on any atom is 0.0254 e. The lowest BCUT2D eigenvalue weighted by Crippen LogP contribution is -2.40. The largest absolute Gasteiger partial charge is 0.296 e. The van der Waals surface area contributed by atoms with Crippen molar-refractivity contribution < 1.29 is 0 Å². The van der Waals surface area contributed by atoms with Crippen LogP contribution >= 0.6 is 0 Å². The molecular weight excluding hydrogens is 122 g/mol. The van der Waals surface area contributed by atoms with Crippen LogP contribution in [0.2, 0.25) is 0 Å². The Kier molecular flexibility index (Phi) is 1.94. The lowest BCUT2D eigenvalue weighted by atomic mass is 9.90. The Hall–Kier alpha value is -0.0400. The predicted octanol–water partition coefficient (Wildman–Crippen LogP) is 2.19. The van der Waals surface area contributed by atoms with Gasteiger partial charge in [-0.25, -0.2) is 0 Å². The van der Waals surface area contributed by atoms with Gasteiger partial charge in [-0.05, 0) is 32.2 Å². The molecule has 1 aliphatic carbocycles. The van der Waals surface area contributed by atoms with Crippen molar-refractivity contribution in [3.63, 3.8) is 0 Å². The van der Waals surface area contributed by atoms with Crippen LogP contribution < -0.4 is 0 Å². The average molecular weight is 138 g/mol. The molecule has 0 spiro atoms. The van der Waals surface area contributed by atoms with Gasteiger partial charge >= 0.3 is 0 Å². The molecule has 2 rings (SSSR count). The van der Waals surface area contributed by atoms with E-state index in [1.807, 2.05) is 0 Å². The molecular formula is C9H16N. The van der Waals surface area contributed by atoms with Gasteiger partial charge in [-0.15, -0.1) is 0 Å². The number of hydrogen-bond acceptors (Lipinski definition) is 1. The molecule has 2 fully saturated rings. The fraction of sp³-hybridized carbons (Fsp3) is 0.889. The standard InChI is InChI=1S/C9H16N/c1-2-7-10(8-3-1)9-5-4-6-9/h7,9H,1-6,8H2. The van der Waals surface area contributed by atoms with E-state index in [-0.39, 0.29) is 0 Å². The quantitative estimate of drug-likeness (QED) is 0.537. The summed E-state index contributed by atoms with van der Waals surface area (Å²) in [6.45, 7) is 3.76. The van der Waals surface area contributed by atoms with Crippen LogP contribution in [0.5, 0.6) is 0 Å². The molecule has 0 unspecified atom stereocenters. The topological polar surface area (TPSA) is 3.24 Å². The van der Waals surface area contributed by atoms with E-state index in [1.54, 1.807) is 0 Å². The molecule has 0 aromatic heterocycles. The van der Waals surface area contributed by atoms with E-state index in [0.717, 1.165) is 6.04 Å². The maximum atomic E-state index is 2.58. The van der Waals surface area contributed by atoms with Crippen molar-refractivity contribution in [1.82, 2.24) is 4.90 Å². The van der Waals surface area contributed by atoms with E-state index in [2.05, 4.69) is 11.4 Å². The Morgan fingerprint density at radius 3 is 2.50 bits per heavy atom. The zero-order valence-corrected chi connectivity index (χ0v) is 6.55. The molecule has 0 amide bonds. The van der Waals surface area contributed by atoms with E-state index >= 15 is 0 Å². The number of hydrogen-bond donors (Lipinski definition) is 0. The van der Waals surface area contributed by atoms with Gasteiger partial charge in [-0.3, -0.25) is 4.90 Å². The highest BCUT2D eigenvalue weighted by Crippen LogP contribution is 2.28. The monoisotopic (exact) mass is 138 g/mol. The van der Waals surface area contributed by atoms with Gasteiger partial charge < -0.3 is 0 Å². The van der Waals surface area contributed by atoms with E-state index in [1.165, 1.54) is 45.1 Å². The minimum absolute atomic E-state index is 0.945. The van der Waals surface area contributed by atoms with Gasteiger partial charge in [0.15, 0.2) is 0 Å². The summed E-state index contributed by atoms with van der Waals surface area (Å²) in [4.78, 5) is 2.58. The first kappa shape index (κ1) is 6.66. The predicted molar refractivity (Wildman–Crippen MR) is 42.5 cm³/mol. The molecule has 1 nitrogen and oxygen atoms in total. The molecule has 0 bridgehead atoms. The Bertz CT molecular complexity index is 101. The van der Waals surface area contributed by atoms with Crippen LogP contribution in [0.1, 0.15) is 38.5 Å². The molecule has 10 heavy (non-hydrogen) atoms. The third-order valence-electron chi connectivity index (χ3n) is 2.78. The fourth-order valence-electron chi connectivity index (χ4n) is 1.84. The molecule has 1 heterocycles. The minimum Gasteiger partial charge on any atom is -0.296 e. The summed E-state index contributed by atoms with van der Waals surface area (Å²) >= 11 is 0. The highest BCUT2D eigenvalue weighted by atomic mass is 15.2. The van der Waals surface area contributed by atoms with Gasteiger partial charge in [0, 0.05) is 12.6 Å². The molecule has 0 atom stereocenters. The van der Waals surface area contributed by atoms with Crippen LogP contribution in [0.3, 0.4) is 0 Å².